The fourth-order valence-electron chi connectivity index (χ4n) is 4.29. The van der Waals surface area contributed by atoms with E-state index < -0.39 is 0 Å². The molecule has 4 heterocycles. The lowest BCUT2D eigenvalue weighted by atomic mass is 10.2. The third kappa shape index (κ3) is 3.36. The van der Waals surface area contributed by atoms with Gasteiger partial charge in [0.25, 0.3) is 5.56 Å². The van der Waals surface area contributed by atoms with Gasteiger partial charge in [0, 0.05) is 35.0 Å². The van der Waals surface area contributed by atoms with E-state index in [4.69, 9.17) is 4.98 Å². The number of pyridine rings is 2. The van der Waals surface area contributed by atoms with E-state index >= 15 is 0 Å². The average Bonchev–Trinajstić information content (AvgIpc) is 3.23. The van der Waals surface area contributed by atoms with E-state index in [-0.39, 0.29) is 23.7 Å². The zero-order chi connectivity index (χ0) is 23.2. The average molecular weight is 451 g/mol. The van der Waals surface area contributed by atoms with Gasteiger partial charge in [0.05, 0.1) is 22.1 Å². The van der Waals surface area contributed by atoms with Crippen LogP contribution in [0.15, 0.2) is 89.0 Å². The van der Waals surface area contributed by atoms with Crippen LogP contribution in [-0.2, 0) is 6.54 Å². The molecule has 0 saturated heterocycles. The predicted octanol–water partition coefficient (Wildman–Crippen LogP) is 3.39. The highest BCUT2D eigenvalue weighted by molar-refractivity contribution is 6.11. The Morgan fingerprint density at radius 1 is 1.09 bits per heavy atom. The topological polar surface area (TPSA) is 89.5 Å². The summed E-state index contributed by atoms with van der Waals surface area (Å²) in [6, 6.07) is 17.7. The molecule has 0 radical (unpaired) electrons. The van der Waals surface area contributed by atoms with Gasteiger partial charge >= 0.3 is 0 Å². The molecule has 6 rings (SSSR count). The molecule has 0 spiro atoms. The number of nitrogens with one attached hydrogen (secondary N) is 1. The Bertz CT molecular complexity index is 1820. The lowest BCUT2D eigenvalue weighted by Crippen LogP contribution is -2.36. The summed E-state index contributed by atoms with van der Waals surface area (Å²) < 4.78 is 16.4. The largest absolute Gasteiger partial charge is 0.862 e. The highest BCUT2D eigenvalue weighted by atomic mass is 19.1. The molecule has 0 aliphatic heterocycles. The third-order valence-electron chi connectivity index (χ3n) is 5.90. The van der Waals surface area contributed by atoms with Gasteiger partial charge in [-0.05, 0) is 42.3 Å². The van der Waals surface area contributed by atoms with Crippen molar-refractivity contribution in [3.8, 4) is 0 Å². The monoisotopic (exact) mass is 451 g/mol. The number of aliphatic imine (C=N–C) groups is 1. The Morgan fingerprint density at radius 3 is 2.85 bits per heavy atom. The molecule has 4 aromatic heterocycles. The SMILES string of the molecule is O=c1c2cc(N=C([O-])CC[n+]3cccc(F)c3)ccc2nc2c3[nH]c4ccccc4c3ccn12. The Morgan fingerprint density at radius 2 is 1.97 bits per heavy atom. The molecule has 8 heteroatoms. The lowest BCUT2D eigenvalue weighted by molar-refractivity contribution is -0.697. The zero-order valence-electron chi connectivity index (χ0n) is 17.9. The number of aryl methyl sites for hydroxylation is 1. The first kappa shape index (κ1) is 20.0. The molecular formula is C26H18FN5O2. The van der Waals surface area contributed by atoms with Crippen molar-refractivity contribution in [3.63, 3.8) is 0 Å². The predicted molar refractivity (Wildman–Crippen MR) is 127 cm³/mol. The number of nitrogens with zero attached hydrogens (tertiary/aromatic N) is 4. The summed E-state index contributed by atoms with van der Waals surface area (Å²) in [7, 11) is 0. The van der Waals surface area contributed by atoms with E-state index in [0.717, 1.165) is 21.8 Å². The summed E-state index contributed by atoms with van der Waals surface area (Å²) in [6.07, 6.45) is 4.84. The minimum Gasteiger partial charge on any atom is -0.862 e. The van der Waals surface area contributed by atoms with Gasteiger partial charge in [0.2, 0.25) is 6.20 Å². The van der Waals surface area contributed by atoms with Crippen molar-refractivity contribution < 1.29 is 14.1 Å². The number of hydrogen-bond donors (Lipinski definition) is 1. The number of fused-ring (bicyclic) bond motifs is 6. The van der Waals surface area contributed by atoms with Crippen LogP contribution < -0.4 is 15.2 Å². The first-order valence-corrected chi connectivity index (χ1v) is 10.8. The number of rotatable bonds is 4. The molecule has 2 aromatic carbocycles. The lowest BCUT2D eigenvalue weighted by Gasteiger charge is -2.09. The highest BCUT2D eigenvalue weighted by Gasteiger charge is 2.12. The van der Waals surface area contributed by atoms with E-state index in [1.165, 1.54) is 16.7 Å². The van der Waals surface area contributed by atoms with Crippen molar-refractivity contribution in [2.45, 2.75) is 13.0 Å². The standard InChI is InChI=1S/C26H18FN5O2/c27-16-4-3-11-31(15-16)12-10-23(33)28-17-7-8-22-20(14-17)26(34)32-13-9-19-18-5-1-2-6-21(18)29-24(19)25(32)30-22/h1-9,11,13-15H,10,12H2,(H-,28,29,30,33,34). The van der Waals surface area contributed by atoms with Crippen LogP contribution >= 0.6 is 0 Å². The molecule has 0 aliphatic rings. The van der Waals surface area contributed by atoms with Gasteiger partial charge in [-0.3, -0.25) is 14.2 Å². The summed E-state index contributed by atoms with van der Waals surface area (Å²) in [5.41, 5.74) is 2.98. The molecule has 0 saturated carbocycles. The van der Waals surface area contributed by atoms with Crippen LogP contribution in [0.5, 0.6) is 0 Å². The molecule has 6 aromatic rings. The van der Waals surface area contributed by atoms with Gasteiger partial charge in [-0.15, -0.1) is 0 Å². The maximum absolute atomic E-state index is 13.3. The molecule has 166 valence electrons. The molecule has 7 nitrogen and oxygen atoms in total. The summed E-state index contributed by atoms with van der Waals surface area (Å²) in [5, 5.41) is 14.8. The van der Waals surface area contributed by atoms with Crippen molar-refractivity contribution in [2.75, 3.05) is 0 Å². The summed E-state index contributed by atoms with van der Waals surface area (Å²) in [6.45, 7) is 0.309. The molecule has 0 atom stereocenters. The van der Waals surface area contributed by atoms with E-state index in [0.29, 0.717) is 28.8 Å². The van der Waals surface area contributed by atoms with Gasteiger partial charge in [-0.1, -0.05) is 18.2 Å². The van der Waals surface area contributed by atoms with Crippen LogP contribution in [0, 0.1) is 5.82 Å². The third-order valence-corrected chi connectivity index (χ3v) is 5.90. The molecule has 0 aliphatic carbocycles. The molecule has 0 bridgehead atoms. The second-order valence-corrected chi connectivity index (χ2v) is 8.10. The Labute approximate surface area is 192 Å². The van der Waals surface area contributed by atoms with E-state index in [9.17, 15) is 14.3 Å². The maximum atomic E-state index is 13.3. The van der Waals surface area contributed by atoms with E-state index in [1.54, 1.807) is 41.2 Å². The Balaban J connectivity index is 1.40. The van der Waals surface area contributed by atoms with Gasteiger partial charge < -0.3 is 10.1 Å². The molecule has 0 fully saturated rings. The van der Waals surface area contributed by atoms with Crippen molar-refractivity contribution in [1.82, 2.24) is 14.4 Å². The number of halogens is 1. The highest BCUT2D eigenvalue weighted by Crippen LogP contribution is 2.28. The van der Waals surface area contributed by atoms with Crippen LogP contribution in [-0.4, -0.2) is 20.3 Å². The van der Waals surface area contributed by atoms with Gasteiger partial charge in [-0.2, -0.15) is 0 Å². The molecule has 0 amide bonds. The van der Waals surface area contributed by atoms with Crippen molar-refractivity contribution in [1.29, 1.82) is 0 Å². The fourth-order valence-corrected chi connectivity index (χ4v) is 4.29. The maximum Gasteiger partial charge on any atom is 0.265 e. The van der Waals surface area contributed by atoms with Crippen LogP contribution in [0.2, 0.25) is 0 Å². The van der Waals surface area contributed by atoms with E-state index in [2.05, 4.69) is 9.98 Å². The van der Waals surface area contributed by atoms with E-state index in [1.807, 2.05) is 30.3 Å². The Hall–Kier alpha value is -4.59. The van der Waals surface area contributed by atoms with Crippen molar-refractivity contribution >= 4 is 49.9 Å². The van der Waals surface area contributed by atoms with Crippen molar-refractivity contribution in [2.24, 2.45) is 4.99 Å². The summed E-state index contributed by atoms with van der Waals surface area (Å²) in [4.78, 5) is 25.5. The molecule has 34 heavy (non-hydrogen) atoms. The normalized spacial score (nSPS) is 12.3. The summed E-state index contributed by atoms with van der Waals surface area (Å²) in [5.74, 6) is -0.726. The first-order valence-electron chi connectivity index (χ1n) is 10.8. The zero-order valence-corrected chi connectivity index (χ0v) is 17.9. The van der Waals surface area contributed by atoms with Crippen LogP contribution in [0.3, 0.4) is 0 Å². The molecular weight excluding hydrogens is 433 g/mol. The second kappa shape index (κ2) is 7.77. The van der Waals surface area contributed by atoms with Gasteiger partial charge in [-0.25, -0.2) is 13.9 Å². The second-order valence-electron chi connectivity index (χ2n) is 8.10. The number of hydrogen-bond acceptors (Lipinski definition) is 4. The van der Waals surface area contributed by atoms with Crippen LogP contribution in [0.4, 0.5) is 10.1 Å². The molecule has 0 unspecified atom stereocenters. The number of aromatic nitrogens is 4. The van der Waals surface area contributed by atoms with Crippen LogP contribution in [0.1, 0.15) is 6.42 Å². The van der Waals surface area contributed by atoms with Crippen molar-refractivity contribution in [3.05, 3.63) is 95.4 Å². The fraction of sp³-hybridized carbons (Fsp3) is 0.0769. The minimum atomic E-state index is -0.369. The minimum absolute atomic E-state index is 0.111. The first-order chi connectivity index (χ1) is 16.6. The Kier molecular flexibility index (Phi) is 4.58. The molecule has 1 N–H and O–H groups in total. The van der Waals surface area contributed by atoms with Crippen LogP contribution in [0.25, 0.3) is 38.4 Å². The van der Waals surface area contributed by atoms with Gasteiger partial charge in [0.1, 0.15) is 0 Å². The smallest absolute Gasteiger partial charge is 0.265 e. The number of H-pyrrole nitrogens is 1. The number of para-hydroxylation sites is 1. The van der Waals surface area contributed by atoms with Gasteiger partial charge in [0.15, 0.2) is 24.2 Å². The number of benzene rings is 2. The number of aromatic amines is 1. The quantitative estimate of drug-likeness (QED) is 0.193. The summed E-state index contributed by atoms with van der Waals surface area (Å²) >= 11 is 0.